The predicted octanol–water partition coefficient (Wildman–Crippen LogP) is 1.36. The largest absolute Gasteiger partial charge is 0.379 e. The van der Waals surface area contributed by atoms with Crippen molar-refractivity contribution >= 4 is 17.8 Å². The Morgan fingerprint density at radius 3 is 2.45 bits per heavy atom. The van der Waals surface area contributed by atoms with Crippen molar-refractivity contribution in [2.45, 2.75) is 6.92 Å². The Morgan fingerprint density at radius 2 is 2.09 bits per heavy atom. The summed E-state index contributed by atoms with van der Waals surface area (Å²) in [5.41, 5.74) is 0. The maximum absolute atomic E-state index is 5.87. The summed E-state index contributed by atoms with van der Waals surface area (Å²) in [5, 5.41) is 0.749. The molecule has 0 aromatic rings. The van der Waals surface area contributed by atoms with Crippen LogP contribution < -0.4 is 0 Å². The molecule has 0 bridgehead atoms. The van der Waals surface area contributed by atoms with Crippen molar-refractivity contribution in [3.63, 3.8) is 0 Å². The van der Waals surface area contributed by atoms with Gasteiger partial charge >= 0.3 is 0 Å². The Kier molecular flexibility index (Phi) is 4.95. The molecule has 0 fully saturated rings. The summed E-state index contributed by atoms with van der Waals surface area (Å²) in [6.07, 6.45) is 3.77. The lowest BCUT2D eigenvalue weighted by Gasteiger charge is -2.08. The first-order valence-electron chi connectivity index (χ1n) is 3.65. The Balaban J connectivity index is 4.11. The molecule has 0 aliphatic carbocycles. The molecule has 0 spiro atoms. The number of rotatable bonds is 3. The SMILES string of the molecule is CCN(C)C=C(Cl)C=[N+](C)C. The second kappa shape index (κ2) is 5.19. The number of allylic oxidation sites excluding steroid dienone is 1. The molecule has 0 saturated heterocycles. The number of halogens is 1. The van der Waals surface area contributed by atoms with Crippen molar-refractivity contribution in [3.8, 4) is 0 Å². The Bertz CT molecular complexity index is 169. The highest BCUT2D eigenvalue weighted by Gasteiger charge is 1.93. The van der Waals surface area contributed by atoms with Crippen molar-refractivity contribution in [1.29, 1.82) is 0 Å². The van der Waals surface area contributed by atoms with Crippen LogP contribution in [0.3, 0.4) is 0 Å². The van der Waals surface area contributed by atoms with Crippen molar-refractivity contribution in [1.82, 2.24) is 4.90 Å². The Morgan fingerprint density at radius 1 is 1.55 bits per heavy atom. The molecule has 0 aliphatic heterocycles. The van der Waals surface area contributed by atoms with Crippen LogP contribution in [0.15, 0.2) is 11.2 Å². The third-order valence-electron chi connectivity index (χ3n) is 1.22. The molecule has 0 radical (unpaired) electrons. The monoisotopic (exact) mass is 175 g/mol. The standard InChI is InChI=1S/C8H16ClN2/c1-5-11(4)7-8(9)6-10(2)3/h6-7H,5H2,1-4H3/q+1. The van der Waals surface area contributed by atoms with Gasteiger partial charge in [0.1, 0.15) is 19.1 Å². The average molecular weight is 176 g/mol. The van der Waals surface area contributed by atoms with Crippen LogP contribution in [0.25, 0.3) is 0 Å². The van der Waals surface area contributed by atoms with E-state index in [1.807, 2.05) is 43.0 Å². The van der Waals surface area contributed by atoms with E-state index < -0.39 is 0 Å². The smallest absolute Gasteiger partial charge is 0.183 e. The first-order chi connectivity index (χ1) is 5.06. The van der Waals surface area contributed by atoms with Crippen LogP contribution in [0.1, 0.15) is 6.92 Å². The zero-order valence-electron chi connectivity index (χ0n) is 7.63. The van der Waals surface area contributed by atoms with Crippen LogP contribution in [0, 0.1) is 0 Å². The molecule has 0 aromatic heterocycles. The summed E-state index contributed by atoms with van der Waals surface area (Å²) in [5.74, 6) is 0. The summed E-state index contributed by atoms with van der Waals surface area (Å²) < 4.78 is 1.92. The summed E-state index contributed by atoms with van der Waals surface area (Å²) in [7, 11) is 5.89. The van der Waals surface area contributed by atoms with Crippen molar-refractivity contribution < 1.29 is 4.58 Å². The van der Waals surface area contributed by atoms with Gasteiger partial charge in [0.05, 0.1) is 0 Å². The molecule has 0 heterocycles. The van der Waals surface area contributed by atoms with Crippen LogP contribution in [0.2, 0.25) is 0 Å². The van der Waals surface area contributed by atoms with E-state index in [1.54, 1.807) is 0 Å². The van der Waals surface area contributed by atoms with E-state index in [2.05, 4.69) is 6.92 Å². The fourth-order valence-corrected chi connectivity index (χ4v) is 0.944. The predicted molar refractivity (Wildman–Crippen MR) is 50.4 cm³/mol. The summed E-state index contributed by atoms with van der Waals surface area (Å²) in [6.45, 7) is 3.05. The molecule has 0 saturated carbocycles. The molecule has 0 unspecified atom stereocenters. The minimum Gasteiger partial charge on any atom is -0.379 e. The van der Waals surface area contributed by atoms with Gasteiger partial charge in [-0.2, -0.15) is 0 Å². The van der Waals surface area contributed by atoms with Gasteiger partial charge in [-0.25, -0.2) is 4.58 Å². The number of hydrogen-bond donors (Lipinski definition) is 0. The Hall–Kier alpha value is -0.500. The van der Waals surface area contributed by atoms with Crippen LogP contribution in [-0.4, -0.2) is 43.4 Å². The molecule has 0 N–H and O–H groups in total. The van der Waals surface area contributed by atoms with E-state index in [0.29, 0.717) is 0 Å². The fraction of sp³-hybridized carbons (Fsp3) is 0.625. The second-order valence-corrected chi connectivity index (χ2v) is 3.12. The van der Waals surface area contributed by atoms with Gasteiger partial charge in [0.25, 0.3) is 0 Å². The highest BCUT2D eigenvalue weighted by molar-refractivity contribution is 6.38. The molecule has 0 rings (SSSR count). The highest BCUT2D eigenvalue weighted by Crippen LogP contribution is 1.98. The summed E-state index contributed by atoms with van der Waals surface area (Å²) >= 11 is 5.87. The lowest BCUT2D eigenvalue weighted by molar-refractivity contribution is -0.458. The number of hydrogen-bond acceptors (Lipinski definition) is 1. The van der Waals surface area contributed by atoms with Gasteiger partial charge in [-0.15, -0.1) is 0 Å². The van der Waals surface area contributed by atoms with Gasteiger partial charge in [0.15, 0.2) is 6.21 Å². The lowest BCUT2D eigenvalue weighted by atomic mass is 10.5. The molecule has 64 valence electrons. The van der Waals surface area contributed by atoms with Crippen LogP contribution in [0.4, 0.5) is 0 Å². The van der Waals surface area contributed by atoms with Gasteiger partial charge in [0.2, 0.25) is 0 Å². The third-order valence-corrected chi connectivity index (χ3v) is 1.42. The van der Waals surface area contributed by atoms with E-state index in [9.17, 15) is 0 Å². The van der Waals surface area contributed by atoms with Gasteiger partial charge in [-0.3, -0.25) is 0 Å². The van der Waals surface area contributed by atoms with Gasteiger partial charge in [-0.05, 0) is 6.92 Å². The lowest BCUT2D eigenvalue weighted by Crippen LogP contribution is -2.10. The van der Waals surface area contributed by atoms with Gasteiger partial charge < -0.3 is 4.90 Å². The van der Waals surface area contributed by atoms with Crippen LogP contribution in [-0.2, 0) is 0 Å². The topological polar surface area (TPSA) is 6.25 Å². The van der Waals surface area contributed by atoms with E-state index >= 15 is 0 Å². The zero-order chi connectivity index (χ0) is 8.85. The number of nitrogens with zero attached hydrogens (tertiary/aromatic N) is 2. The zero-order valence-corrected chi connectivity index (χ0v) is 8.39. The van der Waals surface area contributed by atoms with Crippen molar-refractivity contribution in [2.24, 2.45) is 0 Å². The molecule has 0 atom stereocenters. The van der Waals surface area contributed by atoms with E-state index in [0.717, 1.165) is 11.6 Å². The summed E-state index contributed by atoms with van der Waals surface area (Å²) in [4.78, 5) is 2.03. The first kappa shape index (κ1) is 10.5. The Labute approximate surface area is 73.8 Å². The normalized spacial score (nSPS) is 11.2. The molecule has 3 heteroatoms. The van der Waals surface area contributed by atoms with E-state index in [-0.39, 0.29) is 0 Å². The molecule has 2 nitrogen and oxygen atoms in total. The van der Waals surface area contributed by atoms with E-state index in [1.165, 1.54) is 0 Å². The first-order valence-corrected chi connectivity index (χ1v) is 4.03. The third kappa shape index (κ3) is 5.92. The molecule has 0 aliphatic rings. The molecular weight excluding hydrogens is 160 g/mol. The maximum Gasteiger partial charge on any atom is 0.183 e. The van der Waals surface area contributed by atoms with Crippen molar-refractivity contribution in [3.05, 3.63) is 11.2 Å². The minimum absolute atomic E-state index is 0.749. The van der Waals surface area contributed by atoms with Gasteiger partial charge in [0, 0.05) is 19.8 Å². The van der Waals surface area contributed by atoms with Crippen LogP contribution in [0.5, 0.6) is 0 Å². The quantitative estimate of drug-likeness (QED) is 0.464. The van der Waals surface area contributed by atoms with Crippen LogP contribution >= 0.6 is 11.6 Å². The maximum atomic E-state index is 5.87. The highest BCUT2D eigenvalue weighted by atomic mass is 35.5. The molecular formula is C8H16ClN2+. The van der Waals surface area contributed by atoms with Crippen molar-refractivity contribution in [2.75, 3.05) is 27.7 Å². The van der Waals surface area contributed by atoms with Gasteiger partial charge in [-0.1, -0.05) is 11.6 Å². The average Bonchev–Trinajstić information content (AvgIpc) is 1.85. The minimum atomic E-state index is 0.749. The second-order valence-electron chi connectivity index (χ2n) is 2.68. The molecule has 0 amide bonds. The molecule has 11 heavy (non-hydrogen) atoms. The fourth-order valence-electron chi connectivity index (χ4n) is 0.582. The van der Waals surface area contributed by atoms with E-state index in [4.69, 9.17) is 11.6 Å². The molecule has 0 aromatic carbocycles. The summed E-state index contributed by atoms with van der Waals surface area (Å²) in [6, 6.07) is 0.